The molecule has 158 valence electrons. The monoisotopic (exact) mass is 414 g/mol. The molecule has 0 fully saturated rings. The fourth-order valence-electron chi connectivity index (χ4n) is 3.53. The molecule has 1 aromatic carbocycles. The van der Waals surface area contributed by atoms with Gasteiger partial charge in [0.2, 0.25) is 11.7 Å². The molecule has 0 radical (unpaired) electrons. The number of aromatic nitrogens is 2. The number of hydrogen-bond donors (Lipinski definition) is 1. The molecule has 0 spiro atoms. The summed E-state index contributed by atoms with van der Waals surface area (Å²) >= 11 is 0. The summed E-state index contributed by atoms with van der Waals surface area (Å²) in [5, 5.41) is 12.0. The number of carbonyl (C=O) groups is 1. The van der Waals surface area contributed by atoms with Crippen LogP contribution in [0.2, 0.25) is 0 Å². The first-order valence-electron chi connectivity index (χ1n) is 9.27. The highest BCUT2D eigenvalue weighted by molar-refractivity contribution is 5.75. The van der Waals surface area contributed by atoms with Crippen LogP contribution in [-0.2, 0) is 30.8 Å². The summed E-state index contributed by atoms with van der Waals surface area (Å²) in [5.74, 6) is 0.767. The van der Waals surface area contributed by atoms with Gasteiger partial charge < -0.3 is 19.5 Å². The molecule has 0 bridgehead atoms. The van der Waals surface area contributed by atoms with Gasteiger partial charge in [0.25, 0.3) is 5.56 Å². The Hall–Kier alpha value is -3.74. The van der Waals surface area contributed by atoms with E-state index in [9.17, 15) is 19.6 Å². The molecule has 1 amide bonds. The molecule has 2 heterocycles. The highest BCUT2D eigenvalue weighted by Gasteiger charge is 2.23. The minimum atomic E-state index is -0.737. The van der Waals surface area contributed by atoms with Gasteiger partial charge in [-0.05, 0) is 30.5 Å². The fraction of sp³-hybridized carbons (Fsp3) is 0.400. The Morgan fingerprint density at radius 2 is 1.83 bits per heavy atom. The van der Waals surface area contributed by atoms with Crippen LogP contribution in [0.5, 0.6) is 17.2 Å². The molecule has 10 heteroatoms. The van der Waals surface area contributed by atoms with E-state index in [2.05, 4.69) is 5.32 Å². The lowest BCUT2D eigenvalue weighted by atomic mass is 10.1. The second kappa shape index (κ2) is 8.73. The van der Waals surface area contributed by atoms with Gasteiger partial charge in [-0.1, -0.05) is 0 Å². The Labute approximate surface area is 172 Å². The van der Waals surface area contributed by atoms with Gasteiger partial charge >= 0.3 is 5.69 Å². The minimum Gasteiger partial charge on any atom is -0.493 e. The molecule has 1 aromatic heterocycles. The maximum Gasteiger partial charge on any atom is 0.331 e. The van der Waals surface area contributed by atoms with E-state index in [4.69, 9.17) is 14.2 Å². The quantitative estimate of drug-likeness (QED) is 0.685. The molecular weight excluding hydrogens is 392 g/mol. The molecule has 30 heavy (non-hydrogen) atoms. The standard InChI is InChI=1S/C20H22N4O6/c1-28-15-7-12(8-16(29-2)18(15)30-3)10-22-17(25)11-24-19(26)13(9-21)14-5-4-6-23(14)20(24)27/h7-8H,4-6,10-11H2,1-3H3,(H,22,25). The van der Waals surface area contributed by atoms with Gasteiger partial charge in [-0.2, -0.15) is 5.26 Å². The van der Waals surface area contributed by atoms with Crippen LogP contribution in [0.25, 0.3) is 0 Å². The van der Waals surface area contributed by atoms with E-state index in [1.54, 1.807) is 12.1 Å². The number of nitrogens with zero attached hydrogens (tertiary/aromatic N) is 3. The number of nitrogens with one attached hydrogen (secondary N) is 1. The van der Waals surface area contributed by atoms with E-state index in [1.165, 1.54) is 25.9 Å². The number of carbonyl (C=O) groups excluding carboxylic acids is 1. The van der Waals surface area contributed by atoms with Gasteiger partial charge in [-0.3, -0.25) is 14.2 Å². The third kappa shape index (κ3) is 3.74. The third-order valence-corrected chi connectivity index (χ3v) is 4.96. The summed E-state index contributed by atoms with van der Waals surface area (Å²) in [4.78, 5) is 37.5. The van der Waals surface area contributed by atoms with Crippen LogP contribution < -0.4 is 30.8 Å². The molecule has 2 aromatic rings. The van der Waals surface area contributed by atoms with E-state index in [0.29, 0.717) is 47.9 Å². The van der Waals surface area contributed by atoms with Gasteiger partial charge in [-0.25, -0.2) is 9.36 Å². The van der Waals surface area contributed by atoms with Crippen LogP contribution >= 0.6 is 0 Å². The average Bonchev–Trinajstić information content (AvgIpc) is 3.24. The second-order valence-corrected chi connectivity index (χ2v) is 6.67. The van der Waals surface area contributed by atoms with Crippen molar-refractivity contribution in [1.29, 1.82) is 5.26 Å². The van der Waals surface area contributed by atoms with E-state index in [0.717, 1.165) is 4.57 Å². The zero-order valence-electron chi connectivity index (χ0n) is 17.0. The SMILES string of the molecule is COc1cc(CNC(=O)Cn2c(=O)c(C#N)c3n(c2=O)CCC3)cc(OC)c1OC. The van der Waals surface area contributed by atoms with Crippen LogP contribution in [0.15, 0.2) is 21.7 Å². The summed E-state index contributed by atoms with van der Waals surface area (Å²) in [5.41, 5.74) is -0.271. The first-order valence-corrected chi connectivity index (χ1v) is 9.27. The summed E-state index contributed by atoms with van der Waals surface area (Å²) in [6, 6.07) is 5.24. The molecule has 0 unspecified atom stereocenters. The van der Waals surface area contributed by atoms with Crippen LogP contribution in [0.1, 0.15) is 23.2 Å². The van der Waals surface area contributed by atoms with Crippen molar-refractivity contribution in [1.82, 2.24) is 14.5 Å². The maximum atomic E-state index is 12.6. The van der Waals surface area contributed by atoms with Gasteiger partial charge in [0.1, 0.15) is 18.2 Å². The van der Waals surface area contributed by atoms with Crippen LogP contribution in [0.3, 0.4) is 0 Å². The molecule has 0 saturated heterocycles. The van der Waals surface area contributed by atoms with Gasteiger partial charge in [0, 0.05) is 18.8 Å². The van der Waals surface area contributed by atoms with Crippen molar-refractivity contribution in [2.75, 3.05) is 21.3 Å². The number of methoxy groups -OCH3 is 3. The zero-order valence-corrected chi connectivity index (χ0v) is 17.0. The molecular formula is C20H22N4O6. The van der Waals surface area contributed by atoms with Crippen molar-refractivity contribution in [3.63, 3.8) is 0 Å². The number of rotatable bonds is 7. The largest absolute Gasteiger partial charge is 0.493 e. The van der Waals surface area contributed by atoms with Crippen molar-refractivity contribution in [2.24, 2.45) is 0 Å². The Morgan fingerprint density at radius 1 is 1.17 bits per heavy atom. The van der Waals surface area contributed by atoms with Gasteiger partial charge in [0.15, 0.2) is 11.5 Å². The lowest BCUT2D eigenvalue weighted by molar-refractivity contribution is -0.121. The van der Waals surface area contributed by atoms with E-state index in [1.807, 2.05) is 6.07 Å². The number of fused-ring (bicyclic) bond motifs is 1. The van der Waals surface area contributed by atoms with Crippen molar-refractivity contribution in [3.05, 3.63) is 49.8 Å². The number of benzene rings is 1. The zero-order chi connectivity index (χ0) is 21.8. The lowest BCUT2D eigenvalue weighted by Gasteiger charge is -2.15. The molecule has 0 saturated carbocycles. The summed E-state index contributed by atoms with van der Waals surface area (Å²) < 4.78 is 18.0. The molecule has 1 N–H and O–H groups in total. The molecule has 0 aliphatic carbocycles. The maximum absolute atomic E-state index is 12.6. The lowest BCUT2D eigenvalue weighted by Crippen LogP contribution is -2.45. The Kier molecular flexibility index (Phi) is 6.11. The highest BCUT2D eigenvalue weighted by Crippen LogP contribution is 2.38. The first kappa shape index (κ1) is 21.0. The van der Waals surface area contributed by atoms with E-state index < -0.39 is 23.7 Å². The molecule has 1 aliphatic heterocycles. The molecule has 3 rings (SSSR count). The second-order valence-electron chi connectivity index (χ2n) is 6.67. The predicted octanol–water partition coefficient (Wildman–Crippen LogP) is 0.170. The van der Waals surface area contributed by atoms with Crippen molar-refractivity contribution >= 4 is 5.91 Å². The summed E-state index contributed by atoms with van der Waals surface area (Å²) in [7, 11) is 4.46. The number of hydrogen-bond acceptors (Lipinski definition) is 7. The first-order chi connectivity index (χ1) is 14.4. The predicted molar refractivity (Wildman–Crippen MR) is 106 cm³/mol. The number of nitriles is 1. The Morgan fingerprint density at radius 3 is 2.40 bits per heavy atom. The van der Waals surface area contributed by atoms with Crippen LogP contribution in [0, 0.1) is 11.3 Å². The van der Waals surface area contributed by atoms with E-state index in [-0.39, 0.29) is 12.1 Å². The smallest absolute Gasteiger partial charge is 0.331 e. The minimum absolute atomic E-state index is 0.0791. The third-order valence-electron chi connectivity index (χ3n) is 4.96. The van der Waals surface area contributed by atoms with Crippen molar-refractivity contribution in [3.8, 4) is 23.3 Å². The number of ether oxygens (including phenoxy) is 3. The normalized spacial score (nSPS) is 12.1. The van der Waals surface area contributed by atoms with Crippen LogP contribution in [-0.4, -0.2) is 36.4 Å². The Bertz CT molecular complexity index is 1120. The fourth-order valence-corrected chi connectivity index (χ4v) is 3.53. The topological polar surface area (TPSA) is 125 Å². The van der Waals surface area contributed by atoms with Gasteiger partial charge in [-0.15, -0.1) is 0 Å². The molecule has 10 nitrogen and oxygen atoms in total. The van der Waals surface area contributed by atoms with Crippen LogP contribution in [0.4, 0.5) is 0 Å². The number of amides is 1. The van der Waals surface area contributed by atoms with Crippen molar-refractivity contribution < 1.29 is 19.0 Å². The van der Waals surface area contributed by atoms with Gasteiger partial charge in [0.05, 0.1) is 21.3 Å². The summed E-state index contributed by atoms with van der Waals surface area (Å²) in [6.07, 6.45) is 1.18. The van der Waals surface area contributed by atoms with Crippen molar-refractivity contribution in [2.45, 2.75) is 32.5 Å². The Balaban J connectivity index is 1.81. The average molecular weight is 414 g/mol. The molecule has 1 aliphatic rings. The summed E-state index contributed by atoms with van der Waals surface area (Å²) in [6.45, 7) is 0.0644. The molecule has 0 atom stereocenters. The highest BCUT2D eigenvalue weighted by atomic mass is 16.5. The van der Waals surface area contributed by atoms with E-state index >= 15 is 0 Å².